The zero-order chi connectivity index (χ0) is 20.5. The molecule has 30 heavy (non-hydrogen) atoms. The molecule has 166 valence electrons. The van der Waals surface area contributed by atoms with E-state index < -0.39 is 10.0 Å². The summed E-state index contributed by atoms with van der Waals surface area (Å²) in [5, 5.41) is 10.2. The monoisotopic (exact) mass is 564 g/mol. The van der Waals surface area contributed by atoms with Gasteiger partial charge in [-0.25, -0.2) is 13.1 Å². The molecule has 11 heteroatoms. The Bertz CT molecular complexity index is 870. The van der Waals surface area contributed by atoms with Crippen LogP contribution in [-0.4, -0.2) is 58.1 Å². The van der Waals surface area contributed by atoms with Gasteiger partial charge >= 0.3 is 0 Å². The maximum absolute atomic E-state index is 12.2. The van der Waals surface area contributed by atoms with Crippen molar-refractivity contribution in [3.63, 3.8) is 0 Å². The zero-order valence-corrected chi connectivity index (χ0v) is 20.9. The van der Waals surface area contributed by atoms with E-state index in [-0.39, 0.29) is 35.4 Å². The van der Waals surface area contributed by atoms with E-state index in [1.165, 1.54) is 17.3 Å². The minimum absolute atomic E-state index is 0. The van der Waals surface area contributed by atoms with Crippen LogP contribution in [0.4, 0.5) is 5.00 Å². The molecule has 0 unspecified atom stereocenters. The maximum atomic E-state index is 12.2. The van der Waals surface area contributed by atoms with E-state index in [0.29, 0.717) is 12.6 Å². The number of hydrogen-bond acceptors (Lipinski definition) is 6. The van der Waals surface area contributed by atoms with Gasteiger partial charge in [-0.2, -0.15) is 0 Å². The van der Waals surface area contributed by atoms with Crippen molar-refractivity contribution < 1.29 is 8.42 Å². The van der Waals surface area contributed by atoms with Gasteiger partial charge in [0.15, 0.2) is 5.96 Å². The summed E-state index contributed by atoms with van der Waals surface area (Å²) in [5.74, 6) is 0.725. The number of pyridine rings is 1. The lowest BCUT2D eigenvalue weighted by molar-refractivity contribution is 0.463. The molecule has 3 heterocycles. The summed E-state index contributed by atoms with van der Waals surface area (Å²) in [7, 11) is -3.55. The van der Waals surface area contributed by atoms with E-state index >= 15 is 0 Å². The molecule has 0 radical (unpaired) electrons. The molecule has 0 saturated carbocycles. The second kappa shape index (κ2) is 12.4. The number of anilines is 1. The molecule has 0 spiro atoms. The van der Waals surface area contributed by atoms with Gasteiger partial charge in [0.2, 0.25) is 10.0 Å². The van der Waals surface area contributed by atoms with Gasteiger partial charge in [-0.1, -0.05) is 0 Å². The first kappa shape index (κ1) is 24.8. The number of halogens is 1. The van der Waals surface area contributed by atoms with Gasteiger partial charge in [-0.05, 0) is 49.4 Å². The molecule has 2 aromatic rings. The molecule has 1 aliphatic rings. The number of sulfonamides is 1. The molecule has 2 aromatic heterocycles. The normalized spacial score (nSPS) is 15.5. The summed E-state index contributed by atoms with van der Waals surface area (Å²) in [4.78, 5) is 10.9. The quantitative estimate of drug-likeness (QED) is 0.197. The summed E-state index contributed by atoms with van der Waals surface area (Å²) in [6.07, 6.45) is 4.95. The number of nitrogens with zero attached hydrogens (tertiary/aromatic N) is 3. The Hall–Kier alpha value is -1.44. The number of hydrogen-bond donors (Lipinski definition) is 3. The highest BCUT2D eigenvalue weighted by atomic mass is 127. The molecule has 1 fully saturated rings. The fourth-order valence-electron chi connectivity index (χ4n) is 3.14. The predicted molar refractivity (Wildman–Crippen MR) is 134 cm³/mol. The Morgan fingerprint density at radius 1 is 1.30 bits per heavy atom. The highest BCUT2D eigenvalue weighted by Gasteiger charge is 2.20. The van der Waals surface area contributed by atoms with Gasteiger partial charge in [-0.3, -0.25) is 9.98 Å². The molecule has 0 bridgehead atoms. The fourth-order valence-corrected chi connectivity index (χ4v) is 4.91. The van der Waals surface area contributed by atoms with Crippen LogP contribution in [0.3, 0.4) is 0 Å². The molecule has 1 saturated heterocycles. The van der Waals surface area contributed by atoms with E-state index in [9.17, 15) is 8.42 Å². The van der Waals surface area contributed by atoms with E-state index in [1.54, 1.807) is 23.6 Å². The fraction of sp³-hybridized carbons (Fsp3) is 0.474. The maximum Gasteiger partial charge on any atom is 0.242 e. The molecule has 0 atom stereocenters. The van der Waals surface area contributed by atoms with E-state index in [2.05, 4.69) is 47.7 Å². The number of nitrogens with one attached hydrogen (secondary N) is 3. The van der Waals surface area contributed by atoms with Gasteiger partial charge in [0.05, 0.1) is 11.5 Å². The van der Waals surface area contributed by atoms with Gasteiger partial charge in [-0.15, -0.1) is 35.3 Å². The molecule has 0 aliphatic carbocycles. The van der Waals surface area contributed by atoms with Crippen molar-refractivity contribution in [2.24, 2.45) is 4.99 Å². The third kappa shape index (κ3) is 7.36. The SMILES string of the molecule is CCNC(=NCCNS(=O)(=O)c1cccnc1)NC1CCN(c2cccs2)CC1.I. The minimum Gasteiger partial charge on any atom is -0.363 e. The average Bonchev–Trinajstić information content (AvgIpc) is 3.27. The molecule has 0 aromatic carbocycles. The minimum atomic E-state index is -3.55. The average molecular weight is 565 g/mol. The Balaban J connectivity index is 0.00000320. The third-order valence-corrected chi connectivity index (χ3v) is 6.99. The van der Waals surface area contributed by atoms with Crippen molar-refractivity contribution in [1.29, 1.82) is 0 Å². The molecular weight excluding hydrogens is 535 g/mol. The number of thiophene rings is 1. The van der Waals surface area contributed by atoms with Gasteiger partial charge in [0, 0.05) is 44.6 Å². The van der Waals surface area contributed by atoms with Crippen molar-refractivity contribution >= 4 is 56.3 Å². The molecule has 0 amide bonds. The highest BCUT2D eigenvalue weighted by molar-refractivity contribution is 14.0. The van der Waals surface area contributed by atoms with Crippen LogP contribution in [0.5, 0.6) is 0 Å². The Morgan fingerprint density at radius 2 is 2.10 bits per heavy atom. The van der Waals surface area contributed by atoms with Crippen LogP contribution in [0.15, 0.2) is 51.9 Å². The summed E-state index contributed by atoms with van der Waals surface area (Å²) in [5.41, 5.74) is 0. The number of piperidine rings is 1. The van der Waals surface area contributed by atoms with Gasteiger partial charge < -0.3 is 15.5 Å². The van der Waals surface area contributed by atoms with Crippen molar-refractivity contribution in [3.05, 3.63) is 42.0 Å². The summed E-state index contributed by atoms with van der Waals surface area (Å²) >= 11 is 1.78. The topological polar surface area (TPSA) is 98.7 Å². The molecular formula is C19H29IN6O2S2. The lowest BCUT2D eigenvalue weighted by Gasteiger charge is -2.33. The molecule has 3 N–H and O–H groups in total. The Kier molecular flexibility index (Phi) is 10.3. The molecule has 1 aliphatic heterocycles. The van der Waals surface area contributed by atoms with Crippen molar-refractivity contribution in [3.8, 4) is 0 Å². The first-order valence-electron chi connectivity index (χ1n) is 9.81. The van der Waals surface area contributed by atoms with Gasteiger partial charge in [0.1, 0.15) is 4.90 Å². The second-order valence-corrected chi connectivity index (χ2v) is 9.40. The van der Waals surface area contributed by atoms with Crippen LogP contribution in [0.25, 0.3) is 0 Å². The predicted octanol–water partition coefficient (Wildman–Crippen LogP) is 2.26. The number of guanidine groups is 1. The van der Waals surface area contributed by atoms with Crippen LogP contribution >= 0.6 is 35.3 Å². The first-order valence-corrected chi connectivity index (χ1v) is 12.2. The molecule has 8 nitrogen and oxygen atoms in total. The number of rotatable bonds is 8. The zero-order valence-electron chi connectivity index (χ0n) is 17.0. The van der Waals surface area contributed by atoms with E-state index in [0.717, 1.165) is 38.4 Å². The van der Waals surface area contributed by atoms with Crippen LogP contribution in [0, 0.1) is 0 Å². The number of aliphatic imine (C=N–C) groups is 1. The van der Waals surface area contributed by atoms with E-state index in [1.807, 2.05) is 6.92 Å². The largest absolute Gasteiger partial charge is 0.363 e. The first-order chi connectivity index (χ1) is 14.1. The Morgan fingerprint density at radius 3 is 2.73 bits per heavy atom. The summed E-state index contributed by atoms with van der Waals surface area (Å²) in [6.45, 7) is 5.38. The van der Waals surface area contributed by atoms with Crippen LogP contribution in [0.2, 0.25) is 0 Å². The van der Waals surface area contributed by atoms with Crippen molar-refractivity contribution in [1.82, 2.24) is 20.3 Å². The van der Waals surface area contributed by atoms with Crippen LogP contribution in [-0.2, 0) is 10.0 Å². The lowest BCUT2D eigenvalue weighted by Crippen LogP contribution is -2.48. The van der Waals surface area contributed by atoms with Gasteiger partial charge in [0.25, 0.3) is 0 Å². The molecule has 3 rings (SSSR count). The highest BCUT2D eigenvalue weighted by Crippen LogP contribution is 2.24. The van der Waals surface area contributed by atoms with Crippen molar-refractivity contribution in [2.75, 3.05) is 37.6 Å². The second-order valence-electron chi connectivity index (χ2n) is 6.70. The van der Waals surface area contributed by atoms with Crippen molar-refractivity contribution in [2.45, 2.75) is 30.7 Å². The summed E-state index contributed by atoms with van der Waals surface area (Å²) < 4.78 is 27.0. The Labute approximate surface area is 199 Å². The standard InChI is InChI=1S/C19H28N6O2S2.HI/c1-2-21-19(22-10-11-23-29(26,27)17-5-3-9-20-15-17)24-16-7-12-25(13-8-16)18-6-4-14-28-18;/h3-6,9,14-16,23H,2,7-8,10-13H2,1H3,(H2,21,22,24);1H. The van der Waals surface area contributed by atoms with Crippen LogP contribution in [0.1, 0.15) is 19.8 Å². The van der Waals surface area contributed by atoms with Crippen LogP contribution < -0.4 is 20.3 Å². The summed E-state index contributed by atoms with van der Waals surface area (Å²) in [6, 6.07) is 7.73. The smallest absolute Gasteiger partial charge is 0.242 e. The van der Waals surface area contributed by atoms with E-state index in [4.69, 9.17) is 0 Å². The lowest BCUT2D eigenvalue weighted by atomic mass is 10.1. The third-order valence-electron chi connectivity index (χ3n) is 4.62. The number of aromatic nitrogens is 1.